The molecule has 1 amide bonds. The van der Waals surface area contributed by atoms with Gasteiger partial charge in [0.05, 0.1) is 6.10 Å². The second-order valence-corrected chi connectivity index (χ2v) is 6.83. The van der Waals surface area contributed by atoms with E-state index in [1.54, 1.807) is 0 Å². The molecule has 1 aliphatic rings. The van der Waals surface area contributed by atoms with Gasteiger partial charge >= 0.3 is 0 Å². The number of carbonyl (C=O) groups is 1. The van der Waals surface area contributed by atoms with Gasteiger partial charge in [0, 0.05) is 12.3 Å². The van der Waals surface area contributed by atoms with E-state index in [2.05, 4.69) is 12.2 Å². The Morgan fingerprint density at radius 3 is 2.42 bits per heavy atom. The van der Waals surface area contributed by atoms with Gasteiger partial charge in [0.1, 0.15) is 11.4 Å². The predicted octanol–water partition coefficient (Wildman–Crippen LogP) is 4.93. The molecule has 4 heteroatoms. The molecule has 1 aromatic carbocycles. The molecule has 0 saturated heterocycles. The van der Waals surface area contributed by atoms with Crippen LogP contribution in [0.15, 0.2) is 24.3 Å². The summed E-state index contributed by atoms with van der Waals surface area (Å²) in [6.45, 7) is 6.58. The topological polar surface area (TPSA) is 47.6 Å². The fourth-order valence-corrected chi connectivity index (χ4v) is 3.13. The molecule has 1 fully saturated rings. The van der Waals surface area contributed by atoms with Crippen LogP contribution in [0, 0.1) is 0 Å². The molecule has 0 unspecified atom stereocenters. The van der Waals surface area contributed by atoms with Crippen LogP contribution < -0.4 is 10.1 Å². The van der Waals surface area contributed by atoms with Crippen LogP contribution in [0.3, 0.4) is 0 Å². The second-order valence-electron chi connectivity index (χ2n) is 6.83. The molecule has 4 nitrogen and oxygen atoms in total. The number of benzene rings is 1. The lowest BCUT2D eigenvalue weighted by Gasteiger charge is -2.28. The number of amides is 1. The monoisotopic (exact) mass is 333 g/mol. The van der Waals surface area contributed by atoms with Gasteiger partial charge in [-0.25, -0.2) is 0 Å². The number of ether oxygens (including phenoxy) is 2. The van der Waals surface area contributed by atoms with Gasteiger partial charge in [0.15, 0.2) is 0 Å². The molecule has 0 bridgehead atoms. The zero-order valence-electron chi connectivity index (χ0n) is 15.3. The SMILES string of the molecule is CCCO[C@@](C)(CCC)C(=O)Nc1ccc(OC2CCCC2)cc1. The van der Waals surface area contributed by atoms with E-state index >= 15 is 0 Å². The second kappa shape index (κ2) is 9.07. The van der Waals surface area contributed by atoms with Crippen LogP contribution >= 0.6 is 0 Å². The smallest absolute Gasteiger partial charge is 0.256 e. The van der Waals surface area contributed by atoms with Crippen LogP contribution in [-0.2, 0) is 9.53 Å². The summed E-state index contributed by atoms with van der Waals surface area (Å²) in [5, 5.41) is 2.98. The van der Waals surface area contributed by atoms with Crippen LogP contribution in [0.2, 0.25) is 0 Å². The van der Waals surface area contributed by atoms with Crippen molar-refractivity contribution in [3.63, 3.8) is 0 Å². The summed E-state index contributed by atoms with van der Waals surface area (Å²) in [6.07, 6.45) is 7.66. The molecule has 1 saturated carbocycles. The van der Waals surface area contributed by atoms with E-state index in [-0.39, 0.29) is 5.91 Å². The molecule has 2 rings (SSSR count). The Balaban J connectivity index is 1.94. The third-order valence-electron chi connectivity index (χ3n) is 4.55. The molecule has 0 aliphatic heterocycles. The van der Waals surface area contributed by atoms with Crippen LogP contribution in [0.1, 0.15) is 65.7 Å². The van der Waals surface area contributed by atoms with Gasteiger partial charge in [0.25, 0.3) is 5.91 Å². The van der Waals surface area contributed by atoms with Crippen LogP contribution in [0.4, 0.5) is 5.69 Å². The first-order valence-corrected chi connectivity index (χ1v) is 9.29. The highest BCUT2D eigenvalue weighted by atomic mass is 16.5. The maximum atomic E-state index is 12.6. The maximum Gasteiger partial charge on any atom is 0.256 e. The summed E-state index contributed by atoms with van der Waals surface area (Å²) in [7, 11) is 0. The Kier molecular flexibility index (Phi) is 7.10. The van der Waals surface area contributed by atoms with Crippen molar-refractivity contribution in [2.75, 3.05) is 11.9 Å². The minimum atomic E-state index is -0.774. The van der Waals surface area contributed by atoms with Gasteiger partial charge in [-0.1, -0.05) is 20.3 Å². The van der Waals surface area contributed by atoms with Crippen LogP contribution in [0.5, 0.6) is 5.75 Å². The van der Waals surface area contributed by atoms with Gasteiger partial charge in [-0.3, -0.25) is 4.79 Å². The molecular formula is C20H31NO3. The Bertz CT molecular complexity index is 508. The van der Waals surface area contributed by atoms with Crippen molar-refractivity contribution >= 4 is 11.6 Å². The normalized spacial score (nSPS) is 17.5. The van der Waals surface area contributed by atoms with Crippen molar-refractivity contribution in [1.82, 2.24) is 0 Å². The summed E-state index contributed by atoms with van der Waals surface area (Å²) < 4.78 is 11.8. The molecule has 0 radical (unpaired) electrons. The number of hydrogen-bond donors (Lipinski definition) is 1. The zero-order valence-corrected chi connectivity index (χ0v) is 15.3. The number of nitrogens with one attached hydrogen (secondary N) is 1. The summed E-state index contributed by atoms with van der Waals surface area (Å²) in [5.74, 6) is 0.792. The summed E-state index contributed by atoms with van der Waals surface area (Å²) in [6, 6.07) is 7.65. The molecule has 0 spiro atoms. The average Bonchev–Trinajstić information content (AvgIpc) is 3.08. The van der Waals surface area contributed by atoms with Gasteiger partial charge in [-0.2, -0.15) is 0 Å². The first-order valence-electron chi connectivity index (χ1n) is 9.29. The van der Waals surface area contributed by atoms with Crippen molar-refractivity contribution < 1.29 is 14.3 Å². The summed E-state index contributed by atoms with van der Waals surface area (Å²) in [4.78, 5) is 12.6. The van der Waals surface area contributed by atoms with Gasteiger partial charge in [-0.15, -0.1) is 0 Å². The highest BCUT2D eigenvalue weighted by molar-refractivity contribution is 5.97. The molecule has 24 heavy (non-hydrogen) atoms. The zero-order chi connectivity index (χ0) is 17.4. The fourth-order valence-electron chi connectivity index (χ4n) is 3.13. The van der Waals surface area contributed by atoms with Crippen molar-refractivity contribution in [3.8, 4) is 5.75 Å². The van der Waals surface area contributed by atoms with Gasteiger partial charge in [-0.05, 0) is 69.7 Å². The first kappa shape index (κ1) is 18.8. The average molecular weight is 333 g/mol. The standard InChI is InChI=1S/C20H31NO3/c1-4-14-20(3,23-15-5-2)19(22)21-16-10-12-18(13-11-16)24-17-8-6-7-9-17/h10-13,17H,4-9,14-15H2,1-3H3,(H,21,22)/t20-/m0/s1. The lowest BCUT2D eigenvalue weighted by Crippen LogP contribution is -2.43. The van der Waals surface area contributed by atoms with E-state index in [0.29, 0.717) is 19.1 Å². The Morgan fingerprint density at radius 2 is 1.83 bits per heavy atom. The number of rotatable bonds is 9. The van der Waals surface area contributed by atoms with E-state index in [4.69, 9.17) is 9.47 Å². The molecule has 0 aromatic heterocycles. The predicted molar refractivity (Wildman–Crippen MR) is 97.5 cm³/mol. The van der Waals surface area contributed by atoms with Crippen molar-refractivity contribution in [2.45, 2.75) is 77.4 Å². The molecule has 1 aliphatic carbocycles. The van der Waals surface area contributed by atoms with Gasteiger partial charge in [0.2, 0.25) is 0 Å². The third-order valence-corrected chi connectivity index (χ3v) is 4.55. The molecule has 134 valence electrons. The molecular weight excluding hydrogens is 302 g/mol. The quantitative estimate of drug-likeness (QED) is 0.697. The van der Waals surface area contributed by atoms with E-state index in [0.717, 1.165) is 37.1 Å². The fraction of sp³-hybridized carbons (Fsp3) is 0.650. The van der Waals surface area contributed by atoms with E-state index < -0.39 is 5.60 Å². The van der Waals surface area contributed by atoms with E-state index in [9.17, 15) is 4.79 Å². The number of carbonyl (C=O) groups excluding carboxylic acids is 1. The lowest BCUT2D eigenvalue weighted by molar-refractivity contribution is -0.140. The first-order chi connectivity index (χ1) is 11.6. The third kappa shape index (κ3) is 5.23. The van der Waals surface area contributed by atoms with Crippen molar-refractivity contribution in [1.29, 1.82) is 0 Å². The number of anilines is 1. The highest BCUT2D eigenvalue weighted by Crippen LogP contribution is 2.26. The van der Waals surface area contributed by atoms with Crippen molar-refractivity contribution in [3.05, 3.63) is 24.3 Å². The van der Waals surface area contributed by atoms with Gasteiger partial charge < -0.3 is 14.8 Å². The molecule has 1 N–H and O–H groups in total. The number of hydrogen-bond acceptors (Lipinski definition) is 3. The summed E-state index contributed by atoms with van der Waals surface area (Å²) in [5.41, 5.74) is 0.00486. The Morgan fingerprint density at radius 1 is 1.17 bits per heavy atom. The largest absolute Gasteiger partial charge is 0.490 e. The maximum absolute atomic E-state index is 12.6. The Hall–Kier alpha value is -1.55. The minimum Gasteiger partial charge on any atom is -0.490 e. The summed E-state index contributed by atoms with van der Waals surface area (Å²) >= 11 is 0. The van der Waals surface area contributed by atoms with Crippen molar-refractivity contribution in [2.24, 2.45) is 0 Å². The van der Waals surface area contributed by atoms with Crippen LogP contribution in [0.25, 0.3) is 0 Å². The van der Waals surface area contributed by atoms with Crippen LogP contribution in [-0.4, -0.2) is 24.2 Å². The Labute approximate surface area is 145 Å². The highest BCUT2D eigenvalue weighted by Gasteiger charge is 2.33. The lowest BCUT2D eigenvalue weighted by atomic mass is 9.99. The van der Waals surface area contributed by atoms with E-state index in [1.807, 2.05) is 38.1 Å². The van der Waals surface area contributed by atoms with E-state index in [1.165, 1.54) is 12.8 Å². The molecule has 1 atom stereocenters. The molecule has 1 aromatic rings. The molecule has 0 heterocycles. The minimum absolute atomic E-state index is 0.0812.